The monoisotopic (exact) mass is 211 g/mol. The average Bonchev–Trinajstić information content (AvgIpc) is 2.45. The van der Waals surface area contributed by atoms with Crippen molar-refractivity contribution >= 4 is 5.91 Å². The Morgan fingerprint density at radius 1 is 1.60 bits per heavy atom. The zero-order chi connectivity index (χ0) is 11.4. The maximum Gasteiger partial charge on any atom is 0.255 e. The van der Waals surface area contributed by atoms with Gasteiger partial charge >= 0.3 is 0 Å². The Hall–Kier alpha value is -1.29. The summed E-state index contributed by atoms with van der Waals surface area (Å²) in [6.07, 6.45) is 0. The average molecular weight is 211 g/mol. The molecule has 0 saturated heterocycles. The molecule has 1 aromatic heterocycles. The Bertz CT molecular complexity index is 344. The number of aryl methyl sites for hydroxylation is 2. The van der Waals surface area contributed by atoms with Gasteiger partial charge in [-0.05, 0) is 26.8 Å². The maximum atomic E-state index is 11.7. The zero-order valence-corrected chi connectivity index (χ0v) is 9.59. The highest BCUT2D eigenvalue weighted by Crippen LogP contribution is 2.13. The van der Waals surface area contributed by atoms with Crippen LogP contribution in [0.2, 0.25) is 0 Å². The quantitative estimate of drug-likeness (QED) is 0.824. The smallest absolute Gasteiger partial charge is 0.255 e. The van der Waals surface area contributed by atoms with Gasteiger partial charge in [0.05, 0.1) is 12.2 Å². The second-order valence-corrected chi connectivity index (χ2v) is 3.66. The summed E-state index contributed by atoms with van der Waals surface area (Å²) in [7, 11) is 1.61. The molecule has 1 atom stereocenters. The van der Waals surface area contributed by atoms with Gasteiger partial charge in [0.25, 0.3) is 5.91 Å². The summed E-state index contributed by atoms with van der Waals surface area (Å²) in [6.45, 7) is 6.00. The van der Waals surface area contributed by atoms with Crippen LogP contribution >= 0.6 is 0 Å². The van der Waals surface area contributed by atoms with E-state index in [1.807, 2.05) is 13.8 Å². The summed E-state index contributed by atoms with van der Waals surface area (Å²) in [5.74, 6) is 1.28. The summed E-state index contributed by atoms with van der Waals surface area (Å²) in [5.41, 5.74) is 0.593. The molecule has 0 saturated carbocycles. The number of methoxy groups -OCH3 is 1. The van der Waals surface area contributed by atoms with Crippen LogP contribution in [0.3, 0.4) is 0 Å². The van der Waals surface area contributed by atoms with Crippen LogP contribution in [0, 0.1) is 13.8 Å². The molecular weight excluding hydrogens is 194 g/mol. The molecule has 0 radical (unpaired) electrons. The fourth-order valence-corrected chi connectivity index (χ4v) is 1.45. The van der Waals surface area contributed by atoms with E-state index in [4.69, 9.17) is 9.15 Å². The molecule has 15 heavy (non-hydrogen) atoms. The van der Waals surface area contributed by atoms with E-state index in [0.717, 1.165) is 5.76 Å². The molecule has 1 N–H and O–H groups in total. The molecule has 4 heteroatoms. The van der Waals surface area contributed by atoms with E-state index in [1.54, 1.807) is 20.1 Å². The van der Waals surface area contributed by atoms with Crippen LogP contribution < -0.4 is 5.32 Å². The molecule has 84 valence electrons. The van der Waals surface area contributed by atoms with Crippen LogP contribution in [-0.2, 0) is 4.74 Å². The van der Waals surface area contributed by atoms with Crippen molar-refractivity contribution in [1.29, 1.82) is 0 Å². The Kier molecular flexibility index (Phi) is 3.91. The van der Waals surface area contributed by atoms with Crippen molar-refractivity contribution in [3.63, 3.8) is 0 Å². The molecule has 1 rings (SSSR count). The minimum absolute atomic E-state index is 0.00268. The van der Waals surface area contributed by atoms with Gasteiger partial charge in [-0.25, -0.2) is 0 Å². The summed E-state index contributed by atoms with van der Waals surface area (Å²) < 4.78 is 10.2. The molecule has 0 aliphatic carbocycles. The van der Waals surface area contributed by atoms with Crippen LogP contribution in [0.4, 0.5) is 0 Å². The second kappa shape index (κ2) is 4.98. The predicted octanol–water partition coefficient (Wildman–Crippen LogP) is 1.66. The Morgan fingerprint density at radius 2 is 2.27 bits per heavy atom. The van der Waals surface area contributed by atoms with Gasteiger partial charge in [0.15, 0.2) is 0 Å². The number of hydrogen-bond acceptors (Lipinski definition) is 3. The molecule has 4 nitrogen and oxygen atoms in total. The van der Waals surface area contributed by atoms with E-state index in [9.17, 15) is 4.79 Å². The van der Waals surface area contributed by atoms with E-state index in [1.165, 1.54) is 0 Å². The van der Waals surface area contributed by atoms with Gasteiger partial charge in [-0.15, -0.1) is 0 Å². The third kappa shape index (κ3) is 3.09. The topological polar surface area (TPSA) is 51.5 Å². The predicted molar refractivity (Wildman–Crippen MR) is 57.0 cm³/mol. The first-order chi connectivity index (χ1) is 7.04. The van der Waals surface area contributed by atoms with Gasteiger partial charge in [0.1, 0.15) is 11.5 Å². The number of carbonyl (C=O) groups excluding carboxylic acids is 1. The summed E-state index contributed by atoms with van der Waals surface area (Å²) in [4.78, 5) is 11.7. The highest BCUT2D eigenvalue weighted by molar-refractivity contribution is 5.95. The van der Waals surface area contributed by atoms with Crippen molar-refractivity contribution in [2.45, 2.75) is 26.8 Å². The summed E-state index contributed by atoms with van der Waals surface area (Å²) in [5, 5.41) is 2.83. The van der Waals surface area contributed by atoms with Crippen molar-refractivity contribution in [2.24, 2.45) is 0 Å². The number of ether oxygens (including phenoxy) is 1. The van der Waals surface area contributed by atoms with Crippen molar-refractivity contribution in [3.05, 3.63) is 23.2 Å². The third-order valence-corrected chi connectivity index (χ3v) is 2.08. The molecule has 0 spiro atoms. The van der Waals surface area contributed by atoms with Crippen LogP contribution in [0.1, 0.15) is 28.8 Å². The first-order valence-corrected chi connectivity index (χ1v) is 4.91. The number of hydrogen-bond donors (Lipinski definition) is 1. The Labute approximate surface area is 89.6 Å². The lowest BCUT2D eigenvalue weighted by Gasteiger charge is -2.11. The van der Waals surface area contributed by atoms with E-state index < -0.39 is 0 Å². The van der Waals surface area contributed by atoms with Crippen molar-refractivity contribution in [2.75, 3.05) is 13.7 Å². The molecule has 0 aromatic carbocycles. The van der Waals surface area contributed by atoms with E-state index in [2.05, 4.69) is 5.32 Å². The molecular formula is C11H17NO3. The fraction of sp³-hybridized carbons (Fsp3) is 0.545. The summed E-state index contributed by atoms with van der Waals surface area (Å²) in [6, 6.07) is 1.74. The van der Waals surface area contributed by atoms with Gasteiger partial charge < -0.3 is 14.5 Å². The summed E-state index contributed by atoms with van der Waals surface area (Å²) >= 11 is 0. The largest absolute Gasteiger partial charge is 0.466 e. The van der Waals surface area contributed by atoms with Crippen molar-refractivity contribution < 1.29 is 13.9 Å². The molecule has 1 heterocycles. The lowest BCUT2D eigenvalue weighted by Crippen LogP contribution is -2.35. The normalized spacial score (nSPS) is 12.5. The SMILES string of the molecule is COC[C@@H](C)NC(=O)c1cc(C)oc1C. The fourth-order valence-electron chi connectivity index (χ4n) is 1.45. The van der Waals surface area contributed by atoms with E-state index in [0.29, 0.717) is 17.9 Å². The lowest BCUT2D eigenvalue weighted by atomic mass is 10.2. The minimum Gasteiger partial charge on any atom is -0.466 e. The highest BCUT2D eigenvalue weighted by Gasteiger charge is 2.15. The Balaban J connectivity index is 2.65. The molecule has 1 aromatic rings. The number of furan rings is 1. The number of rotatable bonds is 4. The maximum absolute atomic E-state index is 11.7. The van der Waals surface area contributed by atoms with E-state index >= 15 is 0 Å². The van der Waals surface area contributed by atoms with Gasteiger partial charge in [0.2, 0.25) is 0 Å². The first-order valence-electron chi connectivity index (χ1n) is 4.91. The van der Waals surface area contributed by atoms with Crippen LogP contribution in [0.5, 0.6) is 0 Å². The highest BCUT2D eigenvalue weighted by atomic mass is 16.5. The molecule has 1 amide bonds. The lowest BCUT2D eigenvalue weighted by molar-refractivity contribution is 0.0904. The minimum atomic E-state index is -0.117. The standard InChI is InChI=1S/C11H17NO3/c1-7(6-14-4)12-11(13)10-5-8(2)15-9(10)3/h5,7H,6H2,1-4H3,(H,12,13)/t7-/m1/s1. The van der Waals surface area contributed by atoms with Crippen LogP contribution in [0.25, 0.3) is 0 Å². The van der Waals surface area contributed by atoms with Crippen molar-refractivity contribution in [1.82, 2.24) is 5.32 Å². The second-order valence-electron chi connectivity index (χ2n) is 3.66. The van der Waals surface area contributed by atoms with Gasteiger partial charge in [-0.3, -0.25) is 4.79 Å². The van der Waals surface area contributed by atoms with Gasteiger partial charge in [-0.1, -0.05) is 0 Å². The van der Waals surface area contributed by atoms with Crippen molar-refractivity contribution in [3.8, 4) is 0 Å². The van der Waals surface area contributed by atoms with Crippen LogP contribution in [0.15, 0.2) is 10.5 Å². The molecule has 0 aliphatic rings. The van der Waals surface area contributed by atoms with Gasteiger partial charge in [0, 0.05) is 13.2 Å². The third-order valence-electron chi connectivity index (χ3n) is 2.08. The van der Waals surface area contributed by atoms with Crippen LogP contribution in [-0.4, -0.2) is 25.7 Å². The zero-order valence-electron chi connectivity index (χ0n) is 9.59. The first kappa shape index (κ1) is 11.8. The van der Waals surface area contributed by atoms with Gasteiger partial charge in [-0.2, -0.15) is 0 Å². The number of amides is 1. The Morgan fingerprint density at radius 3 is 2.73 bits per heavy atom. The number of carbonyl (C=O) groups is 1. The molecule has 0 fully saturated rings. The van der Waals surface area contributed by atoms with E-state index in [-0.39, 0.29) is 11.9 Å². The molecule has 0 bridgehead atoms. The molecule has 0 aliphatic heterocycles. The number of nitrogens with one attached hydrogen (secondary N) is 1. The molecule has 0 unspecified atom stereocenters.